The van der Waals surface area contributed by atoms with Gasteiger partial charge in [-0.15, -0.1) is 0 Å². The van der Waals surface area contributed by atoms with E-state index in [1.54, 1.807) is 6.07 Å². The second-order valence-corrected chi connectivity index (χ2v) is 3.09. The Kier molecular flexibility index (Phi) is 3.74. The molecule has 0 bridgehead atoms. The number of carbonyl (C=O) groups is 1. The van der Waals surface area contributed by atoms with Gasteiger partial charge in [0, 0.05) is 12.6 Å². The van der Waals surface area contributed by atoms with E-state index in [9.17, 15) is 14.9 Å². The normalized spacial score (nSPS) is 9.47. The summed E-state index contributed by atoms with van der Waals surface area (Å²) in [5.41, 5.74) is 5.03. The molecule has 1 aromatic carbocycles. The molecule has 0 unspecified atom stereocenters. The smallest absolute Gasteiger partial charge is 0.338 e. The van der Waals surface area contributed by atoms with Gasteiger partial charge in [0.2, 0.25) is 0 Å². The number of carbonyl (C=O) groups excluding carboxylic acids is 1. The summed E-state index contributed by atoms with van der Waals surface area (Å²) in [5.74, 6) is -0.715. The molecule has 0 saturated carbocycles. The molecule has 0 radical (unpaired) electrons. The number of nitro groups is 1. The lowest BCUT2D eigenvalue weighted by Crippen LogP contribution is -2.08. The topological polar surface area (TPSA) is 119 Å². The van der Waals surface area contributed by atoms with E-state index in [4.69, 9.17) is 11.0 Å². The van der Waals surface area contributed by atoms with E-state index in [0.717, 1.165) is 13.2 Å². The largest absolute Gasteiger partial charge is 0.465 e. The molecule has 0 amide bonds. The molecule has 1 rings (SSSR count). The fraction of sp³-hybridized carbons (Fsp3) is 0.200. The Morgan fingerprint density at radius 2 is 2.29 bits per heavy atom. The van der Waals surface area contributed by atoms with Gasteiger partial charge < -0.3 is 10.5 Å². The predicted octanol–water partition coefficient (Wildman–Crippen LogP) is 0.712. The van der Waals surface area contributed by atoms with Crippen molar-refractivity contribution < 1.29 is 14.5 Å². The average Bonchev–Trinajstić information content (AvgIpc) is 2.35. The van der Waals surface area contributed by atoms with Gasteiger partial charge in [0.15, 0.2) is 0 Å². The Hall–Kier alpha value is -2.46. The van der Waals surface area contributed by atoms with E-state index in [2.05, 4.69) is 4.74 Å². The summed E-state index contributed by atoms with van der Waals surface area (Å²) in [5, 5.41) is 19.6. The summed E-state index contributed by atoms with van der Waals surface area (Å²) >= 11 is 0. The SMILES string of the molecule is COC(=O)c1cc(CN)c(C#N)c([N+](=O)[O-])c1. The molecule has 0 fully saturated rings. The molecule has 7 nitrogen and oxygen atoms in total. The molecule has 0 aliphatic carbocycles. The number of benzene rings is 1. The molecule has 0 aromatic heterocycles. The van der Waals surface area contributed by atoms with Gasteiger partial charge in [0.1, 0.15) is 11.6 Å². The van der Waals surface area contributed by atoms with Crippen molar-refractivity contribution in [2.24, 2.45) is 5.73 Å². The maximum atomic E-state index is 11.3. The number of hydrogen-bond donors (Lipinski definition) is 1. The van der Waals surface area contributed by atoms with E-state index in [1.807, 2.05) is 0 Å². The van der Waals surface area contributed by atoms with Crippen LogP contribution in [0.1, 0.15) is 21.5 Å². The minimum Gasteiger partial charge on any atom is -0.465 e. The van der Waals surface area contributed by atoms with Crippen molar-refractivity contribution in [2.75, 3.05) is 7.11 Å². The number of nitro benzene ring substituents is 1. The molecule has 88 valence electrons. The monoisotopic (exact) mass is 235 g/mol. The van der Waals surface area contributed by atoms with Crippen molar-refractivity contribution >= 4 is 11.7 Å². The lowest BCUT2D eigenvalue weighted by Gasteiger charge is -2.05. The number of hydrogen-bond acceptors (Lipinski definition) is 6. The van der Waals surface area contributed by atoms with Gasteiger partial charge in [-0.3, -0.25) is 10.1 Å². The molecule has 0 aliphatic rings. The molecule has 17 heavy (non-hydrogen) atoms. The third kappa shape index (κ3) is 2.38. The zero-order chi connectivity index (χ0) is 13.0. The first-order valence-corrected chi connectivity index (χ1v) is 4.55. The first-order valence-electron chi connectivity index (χ1n) is 4.55. The second kappa shape index (κ2) is 5.05. The van der Waals surface area contributed by atoms with Crippen LogP contribution in [0.3, 0.4) is 0 Å². The van der Waals surface area contributed by atoms with E-state index in [-0.39, 0.29) is 23.2 Å². The van der Waals surface area contributed by atoms with Crippen LogP contribution in [-0.2, 0) is 11.3 Å². The highest BCUT2D eigenvalue weighted by atomic mass is 16.6. The Morgan fingerprint density at radius 3 is 2.71 bits per heavy atom. The lowest BCUT2D eigenvalue weighted by atomic mass is 10.0. The zero-order valence-electron chi connectivity index (χ0n) is 8.97. The molecule has 0 heterocycles. The third-order valence-electron chi connectivity index (χ3n) is 2.15. The number of esters is 1. The van der Waals surface area contributed by atoms with Crippen molar-refractivity contribution in [1.82, 2.24) is 0 Å². The molecule has 2 N–H and O–H groups in total. The predicted molar refractivity (Wildman–Crippen MR) is 57.0 cm³/mol. The van der Waals surface area contributed by atoms with Crippen molar-refractivity contribution in [1.29, 1.82) is 5.26 Å². The van der Waals surface area contributed by atoms with Gasteiger partial charge >= 0.3 is 5.97 Å². The summed E-state index contributed by atoms with van der Waals surface area (Å²) in [6.45, 7) is -0.0748. The van der Waals surface area contributed by atoms with Crippen LogP contribution in [0.25, 0.3) is 0 Å². The van der Waals surface area contributed by atoms with Crippen LogP contribution in [0.15, 0.2) is 12.1 Å². The van der Waals surface area contributed by atoms with Crippen molar-refractivity contribution in [2.45, 2.75) is 6.54 Å². The number of nitriles is 1. The summed E-state index contributed by atoms with van der Waals surface area (Å²) in [6.07, 6.45) is 0. The molecule has 0 saturated heterocycles. The molecule has 0 atom stereocenters. The van der Waals surface area contributed by atoms with Crippen molar-refractivity contribution in [3.63, 3.8) is 0 Å². The van der Waals surface area contributed by atoms with Crippen LogP contribution in [0.2, 0.25) is 0 Å². The minimum atomic E-state index is -0.732. The van der Waals surface area contributed by atoms with Gasteiger partial charge in [-0.2, -0.15) is 5.26 Å². The molecule has 0 aliphatic heterocycles. The lowest BCUT2D eigenvalue weighted by molar-refractivity contribution is -0.385. The van der Waals surface area contributed by atoms with Crippen LogP contribution < -0.4 is 5.73 Å². The molecular formula is C10H9N3O4. The van der Waals surface area contributed by atoms with Crippen LogP contribution in [0.5, 0.6) is 0 Å². The Morgan fingerprint density at radius 1 is 1.65 bits per heavy atom. The minimum absolute atomic E-state index is 0.00125. The highest BCUT2D eigenvalue weighted by molar-refractivity contribution is 5.91. The quantitative estimate of drug-likeness (QED) is 0.468. The van der Waals surface area contributed by atoms with E-state index in [1.165, 1.54) is 6.07 Å². The second-order valence-electron chi connectivity index (χ2n) is 3.09. The summed E-state index contributed by atoms with van der Waals surface area (Å²) < 4.78 is 4.46. The first kappa shape index (κ1) is 12.6. The van der Waals surface area contributed by atoms with Crippen molar-refractivity contribution in [3.05, 3.63) is 38.9 Å². The number of ether oxygens (including phenoxy) is 1. The van der Waals surface area contributed by atoms with Crippen LogP contribution in [0, 0.1) is 21.4 Å². The number of nitrogens with zero attached hydrogens (tertiary/aromatic N) is 2. The molecular weight excluding hydrogens is 226 g/mol. The summed E-state index contributed by atoms with van der Waals surface area (Å²) in [7, 11) is 1.16. The van der Waals surface area contributed by atoms with Gasteiger partial charge in [-0.1, -0.05) is 0 Å². The van der Waals surface area contributed by atoms with Crippen LogP contribution in [0.4, 0.5) is 5.69 Å². The Labute approximate surface area is 96.6 Å². The van der Waals surface area contributed by atoms with Crippen LogP contribution in [-0.4, -0.2) is 18.0 Å². The molecule has 0 spiro atoms. The number of methoxy groups -OCH3 is 1. The molecule has 7 heteroatoms. The first-order chi connectivity index (χ1) is 8.04. The van der Waals surface area contributed by atoms with E-state index in [0.29, 0.717) is 0 Å². The van der Waals surface area contributed by atoms with Crippen LogP contribution >= 0.6 is 0 Å². The third-order valence-corrected chi connectivity index (χ3v) is 2.15. The fourth-order valence-corrected chi connectivity index (χ4v) is 1.36. The number of rotatable bonds is 3. The average molecular weight is 235 g/mol. The Balaban J connectivity index is 3.52. The van der Waals surface area contributed by atoms with E-state index < -0.39 is 16.6 Å². The van der Waals surface area contributed by atoms with Gasteiger partial charge in [-0.05, 0) is 11.6 Å². The summed E-state index contributed by atoms with van der Waals surface area (Å²) in [4.78, 5) is 21.3. The maximum absolute atomic E-state index is 11.3. The van der Waals surface area contributed by atoms with Gasteiger partial charge in [0.05, 0.1) is 17.6 Å². The molecule has 1 aromatic rings. The highest BCUT2D eigenvalue weighted by Crippen LogP contribution is 2.24. The highest BCUT2D eigenvalue weighted by Gasteiger charge is 2.21. The van der Waals surface area contributed by atoms with E-state index >= 15 is 0 Å². The van der Waals surface area contributed by atoms with Gasteiger partial charge in [-0.25, -0.2) is 4.79 Å². The fourth-order valence-electron chi connectivity index (χ4n) is 1.36. The standard InChI is InChI=1S/C10H9N3O4/c1-17-10(14)6-2-7(4-11)8(5-12)9(3-6)13(15)16/h2-3H,4,11H2,1H3. The number of nitrogens with two attached hydrogens (primary N) is 1. The Bertz CT molecular complexity index is 519. The summed E-state index contributed by atoms with van der Waals surface area (Å²) in [6, 6.07) is 4.03. The zero-order valence-corrected chi connectivity index (χ0v) is 8.97. The van der Waals surface area contributed by atoms with Crippen molar-refractivity contribution in [3.8, 4) is 6.07 Å². The maximum Gasteiger partial charge on any atom is 0.338 e. The van der Waals surface area contributed by atoms with Gasteiger partial charge in [0.25, 0.3) is 5.69 Å².